The number of benzene rings is 3. The van der Waals surface area contributed by atoms with Crippen molar-refractivity contribution >= 4 is 17.6 Å². The van der Waals surface area contributed by atoms with Crippen molar-refractivity contribution in [1.29, 1.82) is 0 Å². The van der Waals surface area contributed by atoms with Crippen LogP contribution in [0.3, 0.4) is 0 Å². The number of anilines is 1. The molecule has 1 N–H and O–H groups in total. The molecule has 3 rings (SSSR count). The van der Waals surface area contributed by atoms with Gasteiger partial charge in [0, 0.05) is 11.3 Å². The third kappa shape index (κ3) is 5.62. The van der Waals surface area contributed by atoms with Gasteiger partial charge in [0.1, 0.15) is 5.82 Å². The highest BCUT2D eigenvalue weighted by atomic mass is 19.1. The van der Waals surface area contributed by atoms with Crippen molar-refractivity contribution in [3.05, 3.63) is 96.1 Å². The van der Waals surface area contributed by atoms with E-state index in [9.17, 15) is 18.4 Å². The lowest BCUT2D eigenvalue weighted by molar-refractivity contribution is -0.156. The first kappa shape index (κ1) is 20.0. The summed E-state index contributed by atoms with van der Waals surface area (Å²) in [6.07, 6.45) is -1.27. The molecule has 0 fully saturated rings. The molecule has 0 aliphatic rings. The maximum Gasteiger partial charge on any atom is 0.345 e. The first-order valence-electron chi connectivity index (χ1n) is 8.71. The summed E-state index contributed by atoms with van der Waals surface area (Å²) < 4.78 is 37.1. The van der Waals surface area contributed by atoms with Crippen molar-refractivity contribution < 1.29 is 27.8 Å². The van der Waals surface area contributed by atoms with E-state index < -0.39 is 36.2 Å². The zero-order valence-corrected chi connectivity index (χ0v) is 15.2. The molecule has 148 valence electrons. The van der Waals surface area contributed by atoms with Gasteiger partial charge in [-0.25, -0.2) is 13.6 Å². The molecule has 0 radical (unpaired) electrons. The molecule has 0 aliphatic carbocycles. The fraction of sp³-hybridized carbons (Fsp3) is 0.0909. The molecule has 5 nitrogen and oxygen atoms in total. The highest BCUT2D eigenvalue weighted by Crippen LogP contribution is 2.21. The molecular weight excluding hydrogens is 380 g/mol. The average molecular weight is 397 g/mol. The van der Waals surface area contributed by atoms with Gasteiger partial charge in [0.15, 0.2) is 18.2 Å². The lowest BCUT2D eigenvalue weighted by atomic mass is 10.1. The summed E-state index contributed by atoms with van der Waals surface area (Å²) in [7, 11) is 0. The van der Waals surface area contributed by atoms with Crippen LogP contribution in [0.15, 0.2) is 78.9 Å². The molecule has 0 aromatic heterocycles. The van der Waals surface area contributed by atoms with Gasteiger partial charge in [-0.1, -0.05) is 42.5 Å². The van der Waals surface area contributed by atoms with Gasteiger partial charge >= 0.3 is 5.97 Å². The van der Waals surface area contributed by atoms with E-state index in [-0.39, 0.29) is 5.75 Å². The van der Waals surface area contributed by atoms with Crippen molar-refractivity contribution in [3.8, 4) is 5.75 Å². The smallest absolute Gasteiger partial charge is 0.345 e. The Morgan fingerprint density at radius 1 is 0.862 bits per heavy atom. The standard InChI is InChI=1S/C22H17F2NO4/c23-16-10-12-17(13-11-16)25-22(27)21(15-6-2-1-3-7-15)29-20(26)14-28-19-9-5-4-8-18(19)24/h1-13,21H,14H2,(H,25,27)/t21-/m1/s1. The second kappa shape index (κ2) is 9.45. The van der Waals surface area contributed by atoms with Crippen LogP contribution in [0.5, 0.6) is 5.75 Å². The number of carbonyl (C=O) groups is 2. The summed E-state index contributed by atoms with van der Waals surface area (Å²) in [4.78, 5) is 24.9. The third-order valence-corrected chi connectivity index (χ3v) is 3.88. The number of esters is 1. The first-order chi connectivity index (χ1) is 14.0. The van der Waals surface area contributed by atoms with Gasteiger partial charge in [0.05, 0.1) is 0 Å². The molecular formula is C22H17F2NO4. The lowest BCUT2D eigenvalue weighted by Gasteiger charge is -2.18. The predicted octanol–water partition coefficient (Wildman–Crippen LogP) is 4.27. The Labute approximate surface area is 165 Å². The molecule has 3 aromatic rings. The normalized spacial score (nSPS) is 11.4. The molecule has 1 atom stereocenters. The van der Waals surface area contributed by atoms with E-state index in [0.29, 0.717) is 11.3 Å². The van der Waals surface area contributed by atoms with E-state index in [2.05, 4.69) is 5.32 Å². The molecule has 3 aromatic carbocycles. The van der Waals surface area contributed by atoms with Crippen LogP contribution in [-0.2, 0) is 14.3 Å². The molecule has 1 amide bonds. The van der Waals surface area contributed by atoms with Crippen LogP contribution in [0.2, 0.25) is 0 Å². The van der Waals surface area contributed by atoms with Crippen LogP contribution in [-0.4, -0.2) is 18.5 Å². The summed E-state index contributed by atoms with van der Waals surface area (Å²) in [5.74, 6) is -2.64. The number of nitrogens with one attached hydrogen (secondary N) is 1. The van der Waals surface area contributed by atoms with Crippen molar-refractivity contribution in [1.82, 2.24) is 0 Å². The number of amides is 1. The van der Waals surface area contributed by atoms with Gasteiger partial charge in [-0.15, -0.1) is 0 Å². The number of hydrogen-bond acceptors (Lipinski definition) is 4. The zero-order chi connectivity index (χ0) is 20.6. The van der Waals surface area contributed by atoms with Gasteiger partial charge in [0.2, 0.25) is 6.10 Å². The lowest BCUT2D eigenvalue weighted by Crippen LogP contribution is -2.28. The number of rotatable bonds is 7. The molecule has 0 unspecified atom stereocenters. The Morgan fingerprint density at radius 2 is 1.52 bits per heavy atom. The summed E-state index contributed by atoms with van der Waals surface area (Å²) in [6.45, 7) is -0.575. The van der Waals surface area contributed by atoms with Crippen LogP contribution < -0.4 is 10.1 Å². The quantitative estimate of drug-likeness (QED) is 0.605. The van der Waals surface area contributed by atoms with Crippen LogP contribution in [0.25, 0.3) is 0 Å². The Hall–Kier alpha value is -3.74. The molecule has 7 heteroatoms. The van der Waals surface area contributed by atoms with E-state index in [0.717, 1.165) is 0 Å². The van der Waals surface area contributed by atoms with E-state index in [1.54, 1.807) is 36.4 Å². The average Bonchev–Trinajstić information content (AvgIpc) is 2.73. The number of hydrogen-bond donors (Lipinski definition) is 1. The fourth-order valence-corrected chi connectivity index (χ4v) is 2.51. The van der Waals surface area contributed by atoms with Gasteiger partial charge < -0.3 is 14.8 Å². The van der Waals surface area contributed by atoms with E-state index >= 15 is 0 Å². The third-order valence-electron chi connectivity index (χ3n) is 3.88. The van der Waals surface area contributed by atoms with Gasteiger partial charge in [-0.05, 0) is 36.4 Å². The maximum absolute atomic E-state index is 13.6. The molecule has 0 saturated carbocycles. The summed E-state index contributed by atoms with van der Waals surface area (Å²) in [5, 5.41) is 2.57. The topological polar surface area (TPSA) is 64.6 Å². The molecule has 0 saturated heterocycles. The van der Waals surface area contributed by atoms with Crippen molar-refractivity contribution in [2.75, 3.05) is 11.9 Å². The molecule has 29 heavy (non-hydrogen) atoms. The van der Waals surface area contributed by atoms with Crippen molar-refractivity contribution in [3.63, 3.8) is 0 Å². The molecule has 0 aliphatic heterocycles. The summed E-state index contributed by atoms with van der Waals surface area (Å²) in [6, 6.07) is 19.2. The first-order valence-corrected chi connectivity index (χ1v) is 8.71. The predicted molar refractivity (Wildman–Crippen MR) is 102 cm³/mol. The maximum atomic E-state index is 13.6. The minimum atomic E-state index is -1.27. The van der Waals surface area contributed by atoms with E-state index in [1.165, 1.54) is 42.5 Å². The number of ether oxygens (including phenoxy) is 2. The van der Waals surface area contributed by atoms with Crippen LogP contribution in [0.1, 0.15) is 11.7 Å². The highest BCUT2D eigenvalue weighted by Gasteiger charge is 2.25. The van der Waals surface area contributed by atoms with E-state index in [4.69, 9.17) is 9.47 Å². The van der Waals surface area contributed by atoms with E-state index in [1.807, 2.05) is 0 Å². The Morgan fingerprint density at radius 3 is 2.21 bits per heavy atom. The van der Waals surface area contributed by atoms with Gasteiger partial charge in [-0.3, -0.25) is 4.79 Å². The minimum absolute atomic E-state index is 0.100. The number of carbonyl (C=O) groups excluding carboxylic acids is 2. The largest absolute Gasteiger partial charge is 0.479 e. The Balaban J connectivity index is 1.70. The SMILES string of the molecule is O=C(COc1ccccc1F)O[C@@H](C(=O)Nc1ccc(F)cc1)c1ccccc1. The second-order valence-electron chi connectivity index (χ2n) is 6.00. The van der Waals surface area contributed by atoms with Crippen molar-refractivity contribution in [2.45, 2.75) is 6.10 Å². The van der Waals surface area contributed by atoms with Gasteiger partial charge in [0.25, 0.3) is 5.91 Å². The minimum Gasteiger partial charge on any atom is -0.479 e. The van der Waals surface area contributed by atoms with Crippen LogP contribution >= 0.6 is 0 Å². The Kier molecular flexibility index (Phi) is 6.52. The van der Waals surface area contributed by atoms with Gasteiger partial charge in [-0.2, -0.15) is 0 Å². The van der Waals surface area contributed by atoms with Crippen LogP contribution in [0.4, 0.5) is 14.5 Å². The number of halogens is 2. The monoisotopic (exact) mass is 397 g/mol. The fourth-order valence-electron chi connectivity index (χ4n) is 2.51. The highest BCUT2D eigenvalue weighted by molar-refractivity contribution is 5.96. The molecule has 0 spiro atoms. The second-order valence-corrected chi connectivity index (χ2v) is 6.00. The van der Waals surface area contributed by atoms with Crippen LogP contribution in [0, 0.1) is 11.6 Å². The number of para-hydroxylation sites is 1. The summed E-state index contributed by atoms with van der Waals surface area (Å²) >= 11 is 0. The molecule has 0 heterocycles. The summed E-state index contributed by atoms with van der Waals surface area (Å²) in [5.41, 5.74) is 0.780. The van der Waals surface area contributed by atoms with Crippen molar-refractivity contribution in [2.24, 2.45) is 0 Å². The zero-order valence-electron chi connectivity index (χ0n) is 15.2. The Bertz CT molecular complexity index is 978. The molecule has 0 bridgehead atoms.